The van der Waals surface area contributed by atoms with Gasteiger partial charge in [-0.25, -0.2) is 9.37 Å². The molecule has 1 aromatic carbocycles. The first-order valence-electron chi connectivity index (χ1n) is 5.15. The summed E-state index contributed by atoms with van der Waals surface area (Å²) in [5.41, 5.74) is 0.711. The topological polar surface area (TPSA) is 38.1 Å². The Morgan fingerprint density at radius 3 is 3.06 bits per heavy atom. The van der Waals surface area contributed by atoms with E-state index in [0.717, 1.165) is 13.0 Å². The summed E-state index contributed by atoms with van der Waals surface area (Å²) in [5.74, 6) is 0.991. The van der Waals surface area contributed by atoms with Crippen molar-refractivity contribution >= 4 is 0 Å². The zero-order valence-electron chi connectivity index (χ0n) is 9.03. The quantitative estimate of drug-likeness (QED) is 0.858. The molecule has 0 atom stereocenters. The van der Waals surface area contributed by atoms with Gasteiger partial charge in [0.15, 0.2) is 11.7 Å². The van der Waals surface area contributed by atoms with Crippen LogP contribution in [0.4, 0.5) is 4.39 Å². The molecular weight excluding hydrogens is 207 g/mol. The summed E-state index contributed by atoms with van der Waals surface area (Å²) < 4.78 is 18.5. The minimum absolute atomic E-state index is 0.273. The van der Waals surface area contributed by atoms with Gasteiger partial charge in [0.1, 0.15) is 5.82 Å². The van der Waals surface area contributed by atoms with E-state index in [1.54, 1.807) is 18.3 Å². The lowest BCUT2D eigenvalue weighted by molar-refractivity contribution is 0.500. The van der Waals surface area contributed by atoms with Crippen molar-refractivity contribution in [1.29, 1.82) is 0 Å². The Morgan fingerprint density at radius 1 is 1.44 bits per heavy atom. The molecule has 0 aliphatic rings. The van der Waals surface area contributed by atoms with Crippen LogP contribution in [0.3, 0.4) is 0 Å². The Labute approximate surface area is 93.3 Å². The Balaban J connectivity index is 2.18. The second-order valence-corrected chi connectivity index (χ2v) is 3.48. The molecule has 0 amide bonds. The van der Waals surface area contributed by atoms with Gasteiger partial charge in [0.2, 0.25) is 0 Å². The molecule has 2 rings (SSSR count). The third kappa shape index (κ3) is 2.46. The normalized spacial score (nSPS) is 10.6. The first-order valence-corrected chi connectivity index (χ1v) is 5.15. The second kappa shape index (κ2) is 4.90. The Kier molecular flexibility index (Phi) is 3.31. The van der Waals surface area contributed by atoms with Gasteiger partial charge in [0.25, 0.3) is 0 Å². The Hall–Kier alpha value is -1.68. The molecule has 0 radical (unpaired) electrons. The molecular formula is C12H13FN2O. The van der Waals surface area contributed by atoms with Crippen LogP contribution < -0.4 is 5.32 Å². The first-order chi connectivity index (χ1) is 7.79. The third-order valence-corrected chi connectivity index (χ3v) is 2.25. The molecule has 0 fully saturated rings. The number of aromatic nitrogens is 1. The third-order valence-electron chi connectivity index (χ3n) is 2.25. The smallest absolute Gasteiger partial charge is 0.196 e. The van der Waals surface area contributed by atoms with E-state index < -0.39 is 0 Å². The zero-order chi connectivity index (χ0) is 11.4. The van der Waals surface area contributed by atoms with Crippen LogP contribution in [0.2, 0.25) is 0 Å². The molecule has 1 aromatic heterocycles. The van der Waals surface area contributed by atoms with Crippen LogP contribution in [0.5, 0.6) is 0 Å². The van der Waals surface area contributed by atoms with Crippen LogP contribution in [0.1, 0.15) is 5.89 Å². The molecule has 0 bridgehead atoms. The molecule has 1 N–H and O–H groups in total. The Morgan fingerprint density at radius 2 is 2.31 bits per heavy atom. The van der Waals surface area contributed by atoms with Crippen molar-refractivity contribution in [2.45, 2.75) is 6.42 Å². The lowest BCUT2D eigenvalue weighted by atomic mass is 10.2. The summed E-state index contributed by atoms with van der Waals surface area (Å²) in [6.07, 6.45) is 2.35. The van der Waals surface area contributed by atoms with Crippen LogP contribution in [0.15, 0.2) is 34.9 Å². The highest BCUT2D eigenvalue weighted by Gasteiger charge is 2.06. The highest BCUT2D eigenvalue weighted by atomic mass is 19.1. The largest absolute Gasteiger partial charge is 0.441 e. The van der Waals surface area contributed by atoms with Gasteiger partial charge in [0.05, 0.1) is 6.20 Å². The van der Waals surface area contributed by atoms with E-state index in [4.69, 9.17) is 4.42 Å². The van der Waals surface area contributed by atoms with Crippen LogP contribution >= 0.6 is 0 Å². The van der Waals surface area contributed by atoms with Gasteiger partial charge >= 0.3 is 0 Å². The Bertz CT molecular complexity index is 468. The molecule has 3 nitrogen and oxygen atoms in total. The van der Waals surface area contributed by atoms with Gasteiger partial charge < -0.3 is 9.73 Å². The molecule has 0 spiro atoms. The van der Waals surface area contributed by atoms with E-state index in [9.17, 15) is 4.39 Å². The van der Waals surface area contributed by atoms with Gasteiger partial charge in [-0.1, -0.05) is 12.1 Å². The monoisotopic (exact) mass is 220 g/mol. The second-order valence-electron chi connectivity index (χ2n) is 3.48. The zero-order valence-corrected chi connectivity index (χ0v) is 9.03. The average molecular weight is 220 g/mol. The number of nitrogens with one attached hydrogen (secondary N) is 1. The maximum Gasteiger partial charge on any atom is 0.196 e. The minimum atomic E-state index is -0.273. The summed E-state index contributed by atoms with van der Waals surface area (Å²) in [5, 5.41) is 3.01. The highest BCUT2D eigenvalue weighted by Crippen LogP contribution is 2.20. The minimum Gasteiger partial charge on any atom is -0.441 e. The van der Waals surface area contributed by atoms with Gasteiger partial charge in [-0.05, 0) is 19.2 Å². The molecule has 0 unspecified atom stereocenters. The SMILES string of the molecule is CNCCc1ncc(-c2cccc(F)c2)o1. The molecule has 84 valence electrons. The lowest BCUT2D eigenvalue weighted by Crippen LogP contribution is -2.10. The number of rotatable bonds is 4. The van der Waals surface area contributed by atoms with E-state index in [0.29, 0.717) is 17.2 Å². The fraction of sp³-hybridized carbons (Fsp3) is 0.250. The molecule has 0 aliphatic carbocycles. The predicted octanol–water partition coefficient (Wildman–Crippen LogP) is 2.24. The molecule has 2 aromatic rings. The predicted molar refractivity (Wildman–Crippen MR) is 59.5 cm³/mol. The van der Waals surface area contributed by atoms with Crippen molar-refractivity contribution in [3.05, 3.63) is 42.2 Å². The van der Waals surface area contributed by atoms with Crippen molar-refractivity contribution in [2.75, 3.05) is 13.6 Å². The summed E-state index contributed by atoms with van der Waals surface area (Å²) in [7, 11) is 1.87. The van der Waals surface area contributed by atoms with Crippen molar-refractivity contribution in [2.24, 2.45) is 0 Å². The molecule has 0 saturated heterocycles. The highest BCUT2D eigenvalue weighted by molar-refractivity contribution is 5.56. The van der Waals surface area contributed by atoms with Gasteiger partial charge in [-0.15, -0.1) is 0 Å². The average Bonchev–Trinajstić information content (AvgIpc) is 2.75. The number of hydrogen-bond donors (Lipinski definition) is 1. The van der Waals surface area contributed by atoms with Gasteiger partial charge in [0, 0.05) is 18.5 Å². The van der Waals surface area contributed by atoms with E-state index in [1.165, 1.54) is 12.1 Å². The number of nitrogens with zero attached hydrogens (tertiary/aromatic N) is 1. The number of hydrogen-bond acceptors (Lipinski definition) is 3. The first kappa shape index (κ1) is 10.8. The summed E-state index contributed by atoms with van der Waals surface area (Å²) in [6.45, 7) is 0.809. The van der Waals surface area contributed by atoms with Crippen LogP contribution in [0.25, 0.3) is 11.3 Å². The van der Waals surface area contributed by atoms with Crippen molar-refractivity contribution < 1.29 is 8.81 Å². The van der Waals surface area contributed by atoms with Crippen molar-refractivity contribution in [3.63, 3.8) is 0 Å². The molecule has 1 heterocycles. The number of halogens is 1. The van der Waals surface area contributed by atoms with E-state index in [2.05, 4.69) is 10.3 Å². The standard InChI is InChI=1S/C12H13FN2O/c1-14-6-5-12-15-8-11(16-12)9-3-2-4-10(13)7-9/h2-4,7-8,14H,5-6H2,1H3. The van der Waals surface area contributed by atoms with Crippen LogP contribution in [-0.2, 0) is 6.42 Å². The number of oxazole rings is 1. The van der Waals surface area contributed by atoms with Gasteiger partial charge in [-0.2, -0.15) is 0 Å². The van der Waals surface area contributed by atoms with Crippen molar-refractivity contribution in [3.8, 4) is 11.3 Å². The van der Waals surface area contributed by atoms with Crippen LogP contribution in [0, 0.1) is 5.82 Å². The fourth-order valence-corrected chi connectivity index (χ4v) is 1.43. The fourth-order valence-electron chi connectivity index (χ4n) is 1.43. The number of benzene rings is 1. The van der Waals surface area contributed by atoms with E-state index in [1.807, 2.05) is 7.05 Å². The molecule has 16 heavy (non-hydrogen) atoms. The summed E-state index contributed by atoms with van der Waals surface area (Å²) >= 11 is 0. The maximum absolute atomic E-state index is 13.0. The number of likely N-dealkylation sites (N-methyl/N-ethyl adjacent to an activating group) is 1. The van der Waals surface area contributed by atoms with Gasteiger partial charge in [-0.3, -0.25) is 0 Å². The molecule has 0 saturated carbocycles. The lowest BCUT2D eigenvalue weighted by Gasteiger charge is -1.96. The summed E-state index contributed by atoms with van der Waals surface area (Å²) in [6, 6.07) is 6.29. The van der Waals surface area contributed by atoms with Crippen molar-refractivity contribution in [1.82, 2.24) is 10.3 Å². The van der Waals surface area contributed by atoms with E-state index >= 15 is 0 Å². The molecule has 4 heteroatoms. The maximum atomic E-state index is 13.0. The molecule has 0 aliphatic heterocycles. The van der Waals surface area contributed by atoms with Crippen LogP contribution in [-0.4, -0.2) is 18.6 Å². The van der Waals surface area contributed by atoms with E-state index in [-0.39, 0.29) is 5.82 Å². The summed E-state index contributed by atoms with van der Waals surface area (Å²) in [4.78, 5) is 4.13.